The molecule has 11 heteroatoms. The van der Waals surface area contributed by atoms with Crippen molar-refractivity contribution in [1.29, 1.82) is 0 Å². The van der Waals surface area contributed by atoms with Gasteiger partial charge in [0.1, 0.15) is 35.5 Å². The van der Waals surface area contributed by atoms with Crippen LogP contribution in [-0.2, 0) is 9.63 Å². The fourth-order valence-electron chi connectivity index (χ4n) is 2.81. The van der Waals surface area contributed by atoms with Crippen molar-refractivity contribution in [2.45, 2.75) is 44.8 Å². The molecule has 1 aromatic rings. The first-order valence-electron chi connectivity index (χ1n) is 10.5. The average molecular weight is 467 g/mol. The number of nitrogens with one attached hydrogen (secondary N) is 1. The summed E-state index contributed by atoms with van der Waals surface area (Å²) < 4.78 is 10.8. The van der Waals surface area contributed by atoms with Gasteiger partial charge in [0.15, 0.2) is 5.66 Å². The Labute approximate surface area is 191 Å². The molecule has 0 radical (unpaired) electrons. The SMILES string of the molecule is C=CCOc1cc(C(CCC)NC(=O)C2(N)CSC(C(C)=NOCCC[NH3+])=N2)oc(=O)c1. The Morgan fingerprint density at radius 2 is 2.34 bits per heavy atom. The van der Waals surface area contributed by atoms with Crippen LogP contribution in [0.3, 0.4) is 0 Å². The largest absolute Gasteiger partial charge is 0.489 e. The number of nitrogens with two attached hydrogens (primary N) is 1. The maximum Gasteiger partial charge on any atom is 0.339 e. The number of amides is 1. The van der Waals surface area contributed by atoms with E-state index in [9.17, 15) is 9.59 Å². The van der Waals surface area contributed by atoms with E-state index < -0.39 is 23.2 Å². The third-order valence-electron chi connectivity index (χ3n) is 4.48. The molecule has 1 amide bonds. The van der Waals surface area contributed by atoms with Gasteiger partial charge >= 0.3 is 5.63 Å². The highest BCUT2D eigenvalue weighted by atomic mass is 32.2. The van der Waals surface area contributed by atoms with Crippen LogP contribution in [0.1, 0.15) is 44.9 Å². The Morgan fingerprint density at radius 3 is 3.03 bits per heavy atom. The number of quaternary nitrogens is 1. The monoisotopic (exact) mass is 466 g/mol. The number of hydrogen-bond acceptors (Lipinski definition) is 9. The highest BCUT2D eigenvalue weighted by Gasteiger charge is 2.41. The van der Waals surface area contributed by atoms with Crippen molar-refractivity contribution in [2.24, 2.45) is 15.9 Å². The van der Waals surface area contributed by atoms with Crippen molar-refractivity contribution in [3.8, 4) is 5.75 Å². The van der Waals surface area contributed by atoms with Gasteiger partial charge in [-0.25, -0.2) is 9.79 Å². The van der Waals surface area contributed by atoms with Gasteiger partial charge in [-0.05, 0) is 13.3 Å². The van der Waals surface area contributed by atoms with E-state index in [-0.39, 0.29) is 12.4 Å². The van der Waals surface area contributed by atoms with Crippen LogP contribution in [0.25, 0.3) is 0 Å². The molecule has 0 spiro atoms. The first kappa shape index (κ1) is 25.6. The molecular weight excluding hydrogens is 434 g/mol. The van der Waals surface area contributed by atoms with Gasteiger partial charge in [-0.15, -0.1) is 11.8 Å². The highest BCUT2D eigenvalue weighted by Crippen LogP contribution is 2.27. The van der Waals surface area contributed by atoms with Crippen LogP contribution in [-0.4, -0.2) is 47.8 Å². The zero-order valence-electron chi connectivity index (χ0n) is 18.6. The normalized spacial score (nSPS) is 19.2. The molecule has 176 valence electrons. The van der Waals surface area contributed by atoms with Crippen LogP contribution in [0.4, 0.5) is 0 Å². The standard InChI is InChI=1S/C21H31N5O5S/c1-4-7-16(17-11-15(29-9-5-2)12-18(27)31-17)24-20(28)21(23)13-32-19(25-21)14(3)26-30-10-6-8-22/h5,11-12,16H,2,4,6-10,13,22-23H2,1,3H3,(H,24,28)/p+1. The second-order valence-electron chi connectivity index (χ2n) is 7.28. The predicted molar refractivity (Wildman–Crippen MR) is 125 cm³/mol. The Balaban J connectivity index is 2.16. The molecule has 1 aliphatic rings. The molecule has 6 N–H and O–H groups in total. The summed E-state index contributed by atoms with van der Waals surface area (Å²) in [5.41, 5.74) is 8.57. The highest BCUT2D eigenvalue weighted by molar-refractivity contribution is 8.16. The Hall–Kier alpha value is -2.63. The van der Waals surface area contributed by atoms with Gasteiger partial charge in [0.2, 0.25) is 0 Å². The fourth-order valence-corrected chi connectivity index (χ4v) is 3.84. The second-order valence-corrected chi connectivity index (χ2v) is 8.24. The van der Waals surface area contributed by atoms with E-state index >= 15 is 0 Å². The summed E-state index contributed by atoms with van der Waals surface area (Å²) in [6.07, 6.45) is 3.65. The molecule has 2 heterocycles. The third-order valence-corrected chi connectivity index (χ3v) is 5.72. The number of aliphatic imine (C=N–C) groups is 1. The molecule has 1 aromatic heterocycles. The molecule has 0 bridgehead atoms. The van der Waals surface area contributed by atoms with Crippen LogP contribution in [0, 0.1) is 0 Å². The number of nitrogens with zero attached hydrogens (tertiary/aromatic N) is 2. The molecule has 2 atom stereocenters. The summed E-state index contributed by atoms with van der Waals surface area (Å²) >= 11 is 1.34. The molecule has 0 aromatic carbocycles. The zero-order valence-corrected chi connectivity index (χ0v) is 19.4. The van der Waals surface area contributed by atoms with E-state index in [2.05, 4.69) is 27.8 Å². The summed E-state index contributed by atoms with van der Waals surface area (Å²) in [5.74, 6) is 0.424. The van der Waals surface area contributed by atoms with Crippen molar-refractivity contribution in [3.63, 3.8) is 0 Å². The minimum atomic E-state index is -1.46. The maximum absolute atomic E-state index is 13.0. The summed E-state index contributed by atoms with van der Waals surface area (Å²) in [6.45, 7) is 8.78. The van der Waals surface area contributed by atoms with Gasteiger partial charge in [0, 0.05) is 18.2 Å². The summed E-state index contributed by atoms with van der Waals surface area (Å²) in [5, 5.41) is 7.46. The minimum Gasteiger partial charge on any atom is -0.489 e. The Kier molecular flexibility index (Phi) is 9.95. The maximum atomic E-state index is 13.0. The van der Waals surface area contributed by atoms with Crippen LogP contribution < -0.4 is 27.1 Å². The van der Waals surface area contributed by atoms with Gasteiger partial charge in [-0.1, -0.05) is 31.2 Å². The summed E-state index contributed by atoms with van der Waals surface area (Å²) in [7, 11) is 0. The van der Waals surface area contributed by atoms with E-state index in [1.165, 1.54) is 17.8 Å². The van der Waals surface area contributed by atoms with Gasteiger partial charge in [-0.2, -0.15) is 0 Å². The fraction of sp³-hybridized carbons (Fsp3) is 0.524. The van der Waals surface area contributed by atoms with Crippen LogP contribution >= 0.6 is 11.8 Å². The molecule has 32 heavy (non-hydrogen) atoms. The molecule has 2 unspecified atom stereocenters. The first-order valence-corrected chi connectivity index (χ1v) is 11.5. The van der Waals surface area contributed by atoms with E-state index in [1.54, 1.807) is 19.1 Å². The number of carbonyl (C=O) groups excluding carboxylic acids is 1. The van der Waals surface area contributed by atoms with E-state index in [0.29, 0.717) is 35.3 Å². The molecule has 2 rings (SSSR count). The number of hydrogen-bond donors (Lipinski definition) is 3. The summed E-state index contributed by atoms with van der Waals surface area (Å²) in [4.78, 5) is 34.6. The van der Waals surface area contributed by atoms with Crippen LogP contribution in [0.5, 0.6) is 5.75 Å². The van der Waals surface area contributed by atoms with E-state index in [1.807, 2.05) is 6.92 Å². The van der Waals surface area contributed by atoms with Crippen molar-refractivity contribution in [3.05, 3.63) is 41.0 Å². The molecule has 10 nitrogen and oxygen atoms in total. The molecule has 1 aliphatic heterocycles. The van der Waals surface area contributed by atoms with Crippen molar-refractivity contribution >= 4 is 28.4 Å². The number of oxime groups is 1. The number of thioether (sulfide) groups is 1. The quantitative estimate of drug-likeness (QED) is 0.169. The van der Waals surface area contributed by atoms with Crippen molar-refractivity contribution in [1.82, 2.24) is 5.32 Å². The minimum absolute atomic E-state index is 0.244. The Bertz CT molecular complexity index is 916. The summed E-state index contributed by atoms with van der Waals surface area (Å²) in [6, 6.07) is 2.28. The van der Waals surface area contributed by atoms with Crippen LogP contribution in [0.15, 0.2) is 44.1 Å². The van der Waals surface area contributed by atoms with Crippen molar-refractivity contribution < 1.29 is 24.5 Å². The lowest BCUT2D eigenvalue weighted by Crippen LogP contribution is -2.54. The van der Waals surface area contributed by atoms with E-state index in [0.717, 1.165) is 19.4 Å². The molecule has 0 fully saturated rings. The predicted octanol–water partition coefficient (Wildman–Crippen LogP) is 0.987. The first-order chi connectivity index (χ1) is 15.3. The lowest BCUT2D eigenvalue weighted by atomic mass is 10.1. The van der Waals surface area contributed by atoms with Gasteiger partial charge in [0.05, 0.1) is 18.7 Å². The smallest absolute Gasteiger partial charge is 0.339 e. The van der Waals surface area contributed by atoms with Gasteiger partial charge in [0.25, 0.3) is 5.91 Å². The number of rotatable bonds is 13. The number of carbonyl (C=O) groups is 1. The molecular formula is C21H32N5O5S+. The van der Waals surface area contributed by atoms with Crippen molar-refractivity contribution in [2.75, 3.05) is 25.5 Å². The Morgan fingerprint density at radius 1 is 1.56 bits per heavy atom. The van der Waals surface area contributed by atoms with E-state index in [4.69, 9.17) is 19.7 Å². The van der Waals surface area contributed by atoms with Crippen LogP contribution in [0.2, 0.25) is 0 Å². The average Bonchev–Trinajstić information content (AvgIpc) is 3.18. The third kappa shape index (κ3) is 7.21. The molecule has 0 saturated heterocycles. The second kappa shape index (κ2) is 12.4. The molecule has 0 saturated carbocycles. The zero-order chi connectivity index (χ0) is 23.6. The molecule has 0 aliphatic carbocycles. The lowest BCUT2D eigenvalue weighted by Gasteiger charge is -2.24. The lowest BCUT2D eigenvalue weighted by molar-refractivity contribution is -0.369. The van der Waals surface area contributed by atoms with Gasteiger partial charge in [-0.3, -0.25) is 10.5 Å². The topological polar surface area (TPSA) is 156 Å². The number of ether oxygens (including phenoxy) is 1. The van der Waals surface area contributed by atoms with Gasteiger partial charge < -0.3 is 25.0 Å².